The van der Waals surface area contributed by atoms with Crippen molar-refractivity contribution >= 4 is 0 Å². The summed E-state index contributed by atoms with van der Waals surface area (Å²) in [6.45, 7) is 4.05. The van der Waals surface area contributed by atoms with Crippen LogP contribution < -0.4 is 4.74 Å². The summed E-state index contributed by atoms with van der Waals surface area (Å²) in [4.78, 5) is 0. The lowest BCUT2D eigenvalue weighted by molar-refractivity contribution is -0.0382. The Balaban J connectivity index is 2.54. The van der Waals surface area contributed by atoms with Gasteiger partial charge in [-0.1, -0.05) is 25.5 Å². The highest BCUT2D eigenvalue weighted by Gasteiger charge is 2.00. The number of ether oxygens (including phenoxy) is 2. The predicted octanol–water partition coefficient (Wildman–Crippen LogP) is 3.01. The zero-order valence-electron chi connectivity index (χ0n) is 9.12. The first kappa shape index (κ1) is 11.1. The summed E-state index contributed by atoms with van der Waals surface area (Å²) in [5, 5.41) is 0. The molecule has 0 aromatic heterocycles. The van der Waals surface area contributed by atoms with Gasteiger partial charge in [-0.25, -0.2) is 0 Å². The van der Waals surface area contributed by atoms with E-state index in [1.165, 1.54) is 12.0 Å². The van der Waals surface area contributed by atoms with Gasteiger partial charge in [0.1, 0.15) is 5.75 Å². The van der Waals surface area contributed by atoms with Gasteiger partial charge in [0.05, 0.1) is 0 Å². The first-order chi connectivity index (χ1) is 6.76. The Hall–Kier alpha value is -1.02. The Kier molecular flexibility index (Phi) is 4.47. The van der Waals surface area contributed by atoms with Gasteiger partial charge in [0.15, 0.2) is 6.29 Å². The minimum atomic E-state index is -0.188. The van der Waals surface area contributed by atoms with Gasteiger partial charge in [-0.3, -0.25) is 0 Å². The average molecular weight is 194 g/mol. The van der Waals surface area contributed by atoms with Crippen LogP contribution in [0.15, 0.2) is 24.3 Å². The predicted molar refractivity (Wildman–Crippen MR) is 57.5 cm³/mol. The van der Waals surface area contributed by atoms with E-state index >= 15 is 0 Å². The highest BCUT2D eigenvalue weighted by Crippen LogP contribution is 2.14. The molecule has 1 unspecified atom stereocenters. The molecule has 0 aliphatic rings. The van der Waals surface area contributed by atoms with Crippen molar-refractivity contribution in [3.8, 4) is 5.75 Å². The van der Waals surface area contributed by atoms with Crippen molar-refractivity contribution in [3.63, 3.8) is 0 Å². The second-order valence-electron chi connectivity index (χ2n) is 3.32. The van der Waals surface area contributed by atoms with Crippen LogP contribution in [0.4, 0.5) is 0 Å². The number of hydrogen-bond acceptors (Lipinski definition) is 2. The van der Waals surface area contributed by atoms with Gasteiger partial charge in [-0.2, -0.15) is 0 Å². The molecule has 0 fully saturated rings. The van der Waals surface area contributed by atoms with Crippen molar-refractivity contribution in [1.82, 2.24) is 0 Å². The quantitative estimate of drug-likeness (QED) is 0.671. The maximum absolute atomic E-state index is 5.47. The fourth-order valence-corrected chi connectivity index (χ4v) is 1.26. The molecule has 0 heterocycles. The van der Waals surface area contributed by atoms with Gasteiger partial charge in [0.25, 0.3) is 0 Å². The molecule has 0 saturated carbocycles. The molecule has 14 heavy (non-hydrogen) atoms. The van der Waals surface area contributed by atoms with Gasteiger partial charge in [-0.15, -0.1) is 0 Å². The zero-order chi connectivity index (χ0) is 10.4. The molecule has 0 radical (unpaired) electrons. The lowest BCUT2D eigenvalue weighted by atomic mass is 10.1. The van der Waals surface area contributed by atoms with Crippen LogP contribution in [0, 0.1) is 0 Å². The molecule has 2 nitrogen and oxygen atoms in total. The van der Waals surface area contributed by atoms with E-state index in [0.29, 0.717) is 0 Å². The zero-order valence-corrected chi connectivity index (χ0v) is 9.12. The van der Waals surface area contributed by atoms with E-state index < -0.39 is 0 Å². The fourth-order valence-electron chi connectivity index (χ4n) is 1.26. The molecule has 0 amide bonds. The lowest BCUT2D eigenvalue weighted by Gasteiger charge is -2.12. The van der Waals surface area contributed by atoms with Crippen molar-refractivity contribution in [2.24, 2.45) is 0 Å². The normalized spacial score (nSPS) is 12.5. The van der Waals surface area contributed by atoms with Gasteiger partial charge in [-0.05, 0) is 31.0 Å². The summed E-state index contributed by atoms with van der Waals surface area (Å²) in [7, 11) is 1.64. The number of hydrogen-bond donors (Lipinski definition) is 0. The summed E-state index contributed by atoms with van der Waals surface area (Å²) < 4.78 is 10.5. The Bertz CT molecular complexity index is 254. The van der Waals surface area contributed by atoms with Crippen molar-refractivity contribution < 1.29 is 9.47 Å². The SMILES string of the molecule is CCCc1ccc(OC(C)OC)cc1. The molecule has 0 bridgehead atoms. The molecular formula is C12H18O2. The smallest absolute Gasteiger partial charge is 0.196 e. The van der Waals surface area contributed by atoms with Crippen molar-refractivity contribution in [1.29, 1.82) is 0 Å². The van der Waals surface area contributed by atoms with Crippen LogP contribution in [-0.4, -0.2) is 13.4 Å². The highest BCUT2D eigenvalue weighted by molar-refractivity contribution is 5.27. The molecule has 2 heteroatoms. The largest absolute Gasteiger partial charge is 0.465 e. The molecule has 1 rings (SSSR count). The number of methoxy groups -OCH3 is 1. The molecule has 0 N–H and O–H groups in total. The highest BCUT2D eigenvalue weighted by atomic mass is 16.7. The van der Waals surface area contributed by atoms with Crippen LogP contribution >= 0.6 is 0 Å². The van der Waals surface area contributed by atoms with Crippen molar-refractivity contribution in [2.45, 2.75) is 33.0 Å². The van der Waals surface area contributed by atoms with E-state index in [4.69, 9.17) is 9.47 Å². The van der Waals surface area contributed by atoms with Gasteiger partial charge < -0.3 is 9.47 Å². The molecule has 1 aromatic carbocycles. The van der Waals surface area contributed by atoms with Gasteiger partial charge >= 0.3 is 0 Å². The summed E-state index contributed by atoms with van der Waals surface area (Å²) in [5.41, 5.74) is 1.35. The Morgan fingerprint density at radius 1 is 1.21 bits per heavy atom. The molecule has 0 aliphatic heterocycles. The van der Waals surface area contributed by atoms with Crippen LogP contribution in [0.25, 0.3) is 0 Å². The first-order valence-corrected chi connectivity index (χ1v) is 5.04. The minimum Gasteiger partial charge on any atom is -0.465 e. The van der Waals surface area contributed by atoms with Crippen molar-refractivity contribution in [3.05, 3.63) is 29.8 Å². The molecular weight excluding hydrogens is 176 g/mol. The van der Waals surface area contributed by atoms with E-state index in [-0.39, 0.29) is 6.29 Å². The minimum absolute atomic E-state index is 0.188. The second kappa shape index (κ2) is 5.66. The van der Waals surface area contributed by atoms with Crippen LogP contribution in [0.5, 0.6) is 5.75 Å². The molecule has 1 aromatic rings. The van der Waals surface area contributed by atoms with E-state index in [9.17, 15) is 0 Å². The van der Waals surface area contributed by atoms with Crippen LogP contribution in [0.2, 0.25) is 0 Å². The molecule has 1 atom stereocenters. The monoisotopic (exact) mass is 194 g/mol. The van der Waals surface area contributed by atoms with Crippen LogP contribution in [0.1, 0.15) is 25.8 Å². The molecule has 0 spiro atoms. The standard InChI is InChI=1S/C12H18O2/c1-4-5-11-6-8-12(9-7-11)14-10(2)13-3/h6-10H,4-5H2,1-3H3. The third-order valence-electron chi connectivity index (χ3n) is 2.10. The first-order valence-electron chi connectivity index (χ1n) is 5.04. The summed E-state index contributed by atoms with van der Waals surface area (Å²) >= 11 is 0. The maximum atomic E-state index is 5.47. The summed E-state index contributed by atoms with van der Waals surface area (Å²) in [6, 6.07) is 8.17. The summed E-state index contributed by atoms with van der Waals surface area (Å²) in [6.07, 6.45) is 2.11. The van der Waals surface area contributed by atoms with Crippen LogP contribution in [0.3, 0.4) is 0 Å². The van der Waals surface area contributed by atoms with Gasteiger partial charge in [0.2, 0.25) is 0 Å². The topological polar surface area (TPSA) is 18.5 Å². The summed E-state index contributed by atoms with van der Waals surface area (Å²) in [5.74, 6) is 0.860. The maximum Gasteiger partial charge on any atom is 0.196 e. The van der Waals surface area contributed by atoms with E-state index in [2.05, 4.69) is 19.1 Å². The third-order valence-corrected chi connectivity index (χ3v) is 2.10. The Morgan fingerprint density at radius 2 is 1.86 bits per heavy atom. The fraction of sp³-hybridized carbons (Fsp3) is 0.500. The Morgan fingerprint density at radius 3 is 2.36 bits per heavy atom. The van der Waals surface area contributed by atoms with Crippen molar-refractivity contribution in [2.75, 3.05) is 7.11 Å². The van der Waals surface area contributed by atoms with E-state index in [1.807, 2.05) is 19.1 Å². The second-order valence-corrected chi connectivity index (χ2v) is 3.32. The third kappa shape index (κ3) is 3.38. The molecule has 0 aliphatic carbocycles. The Labute approximate surface area is 85.8 Å². The number of aryl methyl sites for hydroxylation is 1. The lowest BCUT2D eigenvalue weighted by Crippen LogP contribution is -2.13. The van der Waals surface area contributed by atoms with E-state index in [1.54, 1.807) is 7.11 Å². The number of benzene rings is 1. The van der Waals surface area contributed by atoms with E-state index in [0.717, 1.165) is 12.2 Å². The number of rotatable bonds is 5. The van der Waals surface area contributed by atoms with Gasteiger partial charge in [0, 0.05) is 7.11 Å². The average Bonchev–Trinajstić information content (AvgIpc) is 2.21. The van der Waals surface area contributed by atoms with Crippen LogP contribution in [-0.2, 0) is 11.2 Å². The molecule has 78 valence electrons. The molecule has 0 saturated heterocycles.